The van der Waals surface area contributed by atoms with Gasteiger partial charge in [0.2, 0.25) is 5.88 Å². The number of anilines is 2. The molecule has 6 nitrogen and oxygen atoms in total. The van der Waals surface area contributed by atoms with E-state index in [0.29, 0.717) is 24.0 Å². The highest BCUT2D eigenvalue weighted by molar-refractivity contribution is 5.67. The molecule has 0 aliphatic heterocycles. The van der Waals surface area contributed by atoms with Crippen molar-refractivity contribution in [2.24, 2.45) is 0 Å². The van der Waals surface area contributed by atoms with Crippen molar-refractivity contribution in [1.82, 2.24) is 9.97 Å². The minimum Gasteiger partial charge on any atom is -0.476 e. The number of hydrogen-bond donors (Lipinski definition) is 2. The molecule has 0 bridgehead atoms. The summed E-state index contributed by atoms with van der Waals surface area (Å²) < 4.78 is 5.33. The monoisotopic (exact) mass is 254 g/mol. The summed E-state index contributed by atoms with van der Waals surface area (Å²) in [5.41, 5.74) is 6.44. The van der Waals surface area contributed by atoms with E-state index in [0.717, 1.165) is 25.8 Å². The van der Waals surface area contributed by atoms with Crippen LogP contribution in [0.25, 0.3) is 0 Å². The molecule has 0 aromatic carbocycles. The normalized spacial score (nSPS) is 10.4. The van der Waals surface area contributed by atoms with Crippen LogP contribution in [0.4, 0.5) is 11.5 Å². The maximum Gasteiger partial charge on any atom is 0.242 e. The SMILES string of the molecule is CCOc1ncnc(N(C)CCCCCO)c1N. The molecule has 18 heavy (non-hydrogen) atoms. The molecule has 3 N–H and O–H groups in total. The Labute approximate surface area is 108 Å². The molecule has 102 valence electrons. The van der Waals surface area contributed by atoms with Crippen LogP contribution in [0.2, 0.25) is 0 Å². The fourth-order valence-electron chi connectivity index (χ4n) is 1.67. The van der Waals surface area contributed by atoms with Crippen LogP contribution < -0.4 is 15.4 Å². The second kappa shape index (κ2) is 7.71. The van der Waals surface area contributed by atoms with E-state index in [2.05, 4.69) is 9.97 Å². The van der Waals surface area contributed by atoms with Crippen molar-refractivity contribution in [1.29, 1.82) is 0 Å². The van der Waals surface area contributed by atoms with Crippen LogP contribution in [-0.2, 0) is 0 Å². The topological polar surface area (TPSA) is 84.5 Å². The number of aliphatic hydroxyl groups excluding tert-OH is 1. The molecule has 0 unspecified atom stereocenters. The predicted octanol–water partition coefficient (Wildman–Crippen LogP) is 1.06. The van der Waals surface area contributed by atoms with E-state index >= 15 is 0 Å². The van der Waals surface area contributed by atoms with Crippen molar-refractivity contribution in [2.75, 3.05) is 37.4 Å². The van der Waals surface area contributed by atoms with E-state index in [1.54, 1.807) is 0 Å². The van der Waals surface area contributed by atoms with Crippen LogP contribution in [0.15, 0.2) is 6.33 Å². The summed E-state index contributed by atoms with van der Waals surface area (Å²) in [6.45, 7) is 3.50. The summed E-state index contributed by atoms with van der Waals surface area (Å²) in [5.74, 6) is 1.13. The number of aliphatic hydroxyl groups is 1. The van der Waals surface area contributed by atoms with E-state index < -0.39 is 0 Å². The molecule has 0 aliphatic rings. The summed E-state index contributed by atoms with van der Waals surface area (Å²) in [5, 5.41) is 8.72. The zero-order chi connectivity index (χ0) is 13.4. The van der Waals surface area contributed by atoms with Crippen LogP contribution in [0.1, 0.15) is 26.2 Å². The number of nitrogens with zero attached hydrogens (tertiary/aromatic N) is 3. The third-order valence-corrected chi connectivity index (χ3v) is 2.62. The lowest BCUT2D eigenvalue weighted by atomic mass is 10.2. The Morgan fingerprint density at radius 3 is 2.78 bits per heavy atom. The molecule has 1 aromatic rings. The summed E-state index contributed by atoms with van der Waals surface area (Å²) in [6.07, 6.45) is 4.27. The Kier molecular flexibility index (Phi) is 6.21. The van der Waals surface area contributed by atoms with Gasteiger partial charge in [0.1, 0.15) is 12.0 Å². The lowest BCUT2D eigenvalue weighted by Crippen LogP contribution is -2.21. The summed E-state index contributed by atoms with van der Waals surface area (Å²) in [6, 6.07) is 0. The number of hydrogen-bond acceptors (Lipinski definition) is 6. The molecule has 0 saturated heterocycles. The van der Waals surface area contributed by atoms with Crippen LogP contribution >= 0.6 is 0 Å². The first-order chi connectivity index (χ1) is 8.70. The largest absolute Gasteiger partial charge is 0.476 e. The zero-order valence-electron chi connectivity index (χ0n) is 11.1. The zero-order valence-corrected chi connectivity index (χ0v) is 11.1. The van der Waals surface area contributed by atoms with Gasteiger partial charge in [0.15, 0.2) is 5.82 Å². The van der Waals surface area contributed by atoms with Gasteiger partial charge in [0.25, 0.3) is 0 Å². The van der Waals surface area contributed by atoms with E-state index in [1.807, 2.05) is 18.9 Å². The summed E-state index contributed by atoms with van der Waals surface area (Å²) in [4.78, 5) is 10.2. The van der Waals surface area contributed by atoms with Crippen LogP contribution in [0, 0.1) is 0 Å². The lowest BCUT2D eigenvalue weighted by molar-refractivity contribution is 0.283. The highest BCUT2D eigenvalue weighted by Crippen LogP contribution is 2.27. The van der Waals surface area contributed by atoms with Crippen molar-refractivity contribution >= 4 is 11.5 Å². The van der Waals surface area contributed by atoms with Crippen molar-refractivity contribution in [3.05, 3.63) is 6.33 Å². The van der Waals surface area contributed by atoms with E-state index in [-0.39, 0.29) is 6.61 Å². The third-order valence-electron chi connectivity index (χ3n) is 2.62. The molecule has 1 heterocycles. The standard InChI is InChI=1S/C12H22N4O2/c1-3-18-12-10(13)11(14-9-15-12)16(2)7-5-4-6-8-17/h9,17H,3-8,13H2,1-2H3. The van der Waals surface area contributed by atoms with Gasteiger partial charge in [-0.3, -0.25) is 0 Å². The average Bonchev–Trinajstić information content (AvgIpc) is 2.37. The molecule has 1 rings (SSSR count). The Balaban J connectivity index is 2.61. The number of nitrogen functional groups attached to an aromatic ring is 1. The summed E-state index contributed by atoms with van der Waals surface area (Å²) >= 11 is 0. The molecule has 6 heteroatoms. The molecule has 1 aromatic heterocycles. The molecular weight excluding hydrogens is 232 g/mol. The molecule has 0 radical (unpaired) electrons. The number of ether oxygens (including phenoxy) is 1. The van der Waals surface area contributed by atoms with Crippen molar-refractivity contribution in [3.63, 3.8) is 0 Å². The summed E-state index contributed by atoms with van der Waals surface area (Å²) in [7, 11) is 1.94. The fourth-order valence-corrected chi connectivity index (χ4v) is 1.67. The van der Waals surface area contributed by atoms with Crippen molar-refractivity contribution in [3.8, 4) is 5.88 Å². The molecule has 0 fully saturated rings. The highest BCUT2D eigenvalue weighted by Gasteiger charge is 2.12. The van der Waals surface area contributed by atoms with Crippen LogP contribution in [0.5, 0.6) is 5.88 Å². The molecule has 0 aliphatic carbocycles. The minimum atomic E-state index is 0.244. The molecule has 0 spiro atoms. The van der Waals surface area contributed by atoms with Crippen molar-refractivity contribution < 1.29 is 9.84 Å². The van der Waals surface area contributed by atoms with E-state index in [4.69, 9.17) is 15.6 Å². The predicted molar refractivity (Wildman–Crippen MR) is 71.8 cm³/mol. The number of unbranched alkanes of at least 4 members (excludes halogenated alkanes) is 2. The van der Waals surface area contributed by atoms with Gasteiger partial charge in [0.05, 0.1) is 6.61 Å². The minimum absolute atomic E-state index is 0.244. The Bertz CT molecular complexity index is 360. The fraction of sp³-hybridized carbons (Fsp3) is 0.667. The van der Waals surface area contributed by atoms with E-state index in [1.165, 1.54) is 6.33 Å². The van der Waals surface area contributed by atoms with Crippen LogP contribution in [-0.4, -0.2) is 41.9 Å². The molecule has 0 saturated carbocycles. The maximum atomic E-state index is 8.72. The second-order valence-corrected chi connectivity index (χ2v) is 4.05. The van der Waals surface area contributed by atoms with Gasteiger partial charge >= 0.3 is 0 Å². The van der Waals surface area contributed by atoms with Crippen molar-refractivity contribution in [2.45, 2.75) is 26.2 Å². The second-order valence-electron chi connectivity index (χ2n) is 4.05. The molecule has 0 amide bonds. The Morgan fingerprint density at radius 1 is 1.33 bits per heavy atom. The number of aromatic nitrogens is 2. The van der Waals surface area contributed by atoms with Gasteiger partial charge in [-0.2, -0.15) is 4.98 Å². The van der Waals surface area contributed by atoms with Crippen LogP contribution in [0.3, 0.4) is 0 Å². The highest BCUT2D eigenvalue weighted by atomic mass is 16.5. The molecule has 0 atom stereocenters. The first-order valence-corrected chi connectivity index (χ1v) is 6.26. The Morgan fingerprint density at radius 2 is 2.11 bits per heavy atom. The first kappa shape index (κ1) is 14.5. The first-order valence-electron chi connectivity index (χ1n) is 6.26. The smallest absolute Gasteiger partial charge is 0.242 e. The van der Waals surface area contributed by atoms with E-state index in [9.17, 15) is 0 Å². The lowest BCUT2D eigenvalue weighted by Gasteiger charge is -2.20. The van der Waals surface area contributed by atoms with Gasteiger partial charge in [-0.25, -0.2) is 4.98 Å². The van der Waals surface area contributed by atoms with Gasteiger partial charge in [0, 0.05) is 20.2 Å². The van der Waals surface area contributed by atoms with Gasteiger partial charge in [-0.05, 0) is 26.2 Å². The number of rotatable bonds is 8. The van der Waals surface area contributed by atoms with Gasteiger partial charge in [-0.15, -0.1) is 0 Å². The van der Waals surface area contributed by atoms with Gasteiger partial charge < -0.3 is 20.5 Å². The van der Waals surface area contributed by atoms with Gasteiger partial charge in [-0.1, -0.05) is 0 Å². The third kappa shape index (κ3) is 4.03. The number of nitrogens with two attached hydrogens (primary N) is 1. The molecular formula is C12H22N4O2. The maximum absolute atomic E-state index is 8.72. The Hall–Kier alpha value is -1.56. The quantitative estimate of drug-likeness (QED) is 0.675. The average molecular weight is 254 g/mol.